The quantitative estimate of drug-likeness (QED) is 0.680. The number of hydrogen-bond acceptors (Lipinski definition) is 3. The van der Waals surface area contributed by atoms with Gasteiger partial charge in [-0.3, -0.25) is 4.90 Å². The van der Waals surface area contributed by atoms with Gasteiger partial charge in [0.15, 0.2) is 0 Å². The molecule has 1 aromatic carbocycles. The number of carbonyl (C=O) groups is 1. The van der Waals surface area contributed by atoms with Crippen LogP contribution in [-0.2, 0) is 0 Å². The van der Waals surface area contributed by atoms with Gasteiger partial charge in [0, 0.05) is 32.7 Å². The molecule has 0 amide bonds. The summed E-state index contributed by atoms with van der Waals surface area (Å²) in [5.74, 6) is -0.833. The zero-order chi connectivity index (χ0) is 21.1. The lowest BCUT2D eigenvalue weighted by atomic mass is 9.33. The van der Waals surface area contributed by atoms with Gasteiger partial charge in [0.2, 0.25) is 0 Å². The normalized spacial score (nSPS) is 33.1. The summed E-state index contributed by atoms with van der Waals surface area (Å²) in [5, 5.41) is 9.52. The Morgan fingerprint density at radius 1 is 1.03 bits per heavy atom. The summed E-state index contributed by atoms with van der Waals surface area (Å²) in [6.07, 6.45) is 8.15. The van der Waals surface area contributed by atoms with Crippen molar-refractivity contribution >= 4 is 11.7 Å². The fraction of sp³-hybridized carbons (Fsp3) is 0.654. The number of piperazine rings is 1. The van der Waals surface area contributed by atoms with Crippen molar-refractivity contribution in [2.75, 3.05) is 37.6 Å². The van der Waals surface area contributed by atoms with Crippen molar-refractivity contribution in [1.82, 2.24) is 4.90 Å². The Hall–Kier alpha value is -1.81. The molecule has 3 saturated carbocycles. The van der Waals surface area contributed by atoms with Gasteiger partial charge in [-0.2, -0.15) is 0 Å². The van der Waals surface area contributed by atoms with Crippen molar-refractivity contribution in [2.45, 2.75) is 59.3 Å². The summed E-state index contributed by atoms with van der Waals surface area (Å²) in [6, 6.07) is 7.42. The van der Waals surface area contributed by atoms with E-state index in [9.17, 15) is 9.90 Å². The Kier molecular flexibility index (Phi) is 4.59. The minimum atomic E-state index is -0.833. The molecule has 0 radical (unpaired) electrons. The first kappa shape index (κ1) is 20.1. The maximum atomic E-state index is 11.6. The van der Waals surface area contributed by atoms with E-state index < -0.39 is 5.97 Å². The number of carboxylic acids is 1. The number of anilines is 1. The van der Waals surface area contributed by atoms with Crippen LogP contribution >= 0.6 is 0 Å². The predicted octanol–water partition coefficient (Wildman–Crippen LogP) is 5.20. The van der Waals surface area contributed by atoms with E-state index in [1.165, 1.54) is 38.5 Å². The average Bonchev–Trinajstić information content (AvgIpc) is 2.66. The van der Waals surface area contributed by atoms with E-state index in [0.717, 1.165) is 38.4 Å². The predicted molar refractivity (Wildman–Crippen MR) is 121 cm³/mol. The van der Waals surface area contributed by atoms with Crippen molar-refractivity contribution in [3.63, 3.8) is 0 Å². The molecule has 1 aliphatic heterocycles. The Bertz CT molecular complexity index is 872. The molecule has 30 heavy (non-hydrogen) atoms. The van der Waals surface area contributed by atoms with Crippen LogP contribution in [0, 0.1) is 16.2 Å². The molecule has 0 aromatic heterocycles. The Morgan fingerprint density at radius 3 is 2.33 bits per heavy atom. The third kappa shape index (κ3) is 3.37. The van der Waals surface area contributed by atoms with Gasteiger partial charge in [0.05, 0.1) is 11.3 Å². The lowest BCUT2D eigenvalue weighted by molar-refractivity contribution is -0.167. The van der Waals surface area contributed by atoms with Crippen LogP contribution in [0.15, 0.2) is 35.4 Å². The van der Waals surface area contributed by atoms with Crippen molar-refractivity contribution in [2.24, 2.45) is 16.2 Å². The lowest BCUT2D eigenvalue weighted by Crippen LogP contribution is -2.61. The van der Waals surface area contributed by atoms with Gasteiger partial charge >= 0.3 is 5.97 Å². The van der Waals surface area contributed by atoms with E-state index in [4.69, 9.17) is 0 Å². The minimum Gasteiger partial charge on any atom is -0.478 e. The van der Waals surface area contributed by atoms with E-state index in [-0.39, 0.29) is 0 Å². The zero-order valence-corrected chi connectivity index (χ0v) is 18.8. The van der Waals surface area contributed by atoms with Crippen molar-refractivity contribution in [3.05, 3.63) is 41.0 Å². The minimum absolute atomic E-state index is 0.419. The molecular formula is C26H36N2O2. The summed E-state index contributed by atoms with van der Waals surface area (Å²) < 4.78 is 0. The second-order valence-electron chi connectivity index (χ2n) is 11.6. The summed E-state index contributed by atoms with van der Waals surface area (Å²) in [7, 11) is 0. The van der Waals surface area contributed by atoms with E-state index in [1.807, 2.05) is 23.8 Å². The molecule has 4 aliphatic carbocycles. The van der Waals surface area contributed by atoms with Crippen LogP contribution in [0.2, 0.25) is 0 Å². The molecule has 4 heteroatoms. The average molecular weight is 409 g/mol. The van der Waals surface area contributed by atoms with Crippen molar-refractivity contribution < 1.29 is 9.90 Å². The summed E-state index contributed by atoms with van der Waals surface area (Å²) >= 11 is 0. The highest BCUT2D eigenvalue weighted by atomic mass is 16.4. The molecule has 5 aliphatic rings. The van der Waals surface area contributed by atoms with Crippen LogP contribution < -0.4 is 4.90 Å². The van der Waals surface area contributed by atoms with Crippen LogP contribution in [0.3, 0.4) is 0 Å². The Morgan fingerprint density at radius 2 is 1.70 bits per heavy atom. The van der Waals surface area contributed by atoms with Gasteiger partial charge in [-0.15, -0.1) is 0 Å². The van der Waals surface area contributed by atoms with Gasteiger partial charge < -0.3 is 10.0 Å². The highest BCUT2D eigenvalue weighted by molar-refractivity contribution is 5.94. The SMILES string of the molecule is CC1(C)CCC(CN2CCN(c3ccccc3C(=O)O)CC2)=C(C23CC(C)(C2)C3)C1. The number of hydrogen-bond donors (Lipinski definition) is 1. The zero-order valence-electron chi connectivity index (χ0n) is 18.8. The molecule has 1 heterocycles. The maximum absolute atomic E-state index is 11.6. The van der Waals surface area contributed by atoms with Crippen LogP contribution in [0.4, 0.5) is 5.69 Å². The molecule has 2 bridgehead atoms. The third-order valence-electron chi connectivity index (χ3n) is 8.38. The smallest absolute Gasteiger partial charge is 0.337 e. The first-order valence-corrected chi connectivity index (χ1v) is 11.7. The molecule has 1 aromatic rings. The summed E-state index contributed by atoms with van der Waals surface area (Å²) in [4.78, 5) is 16.5. The first-order valence-electron chi connectivity index (χ1n) is 11.7. The number of benzene rings is 1. The molecular weight excluding hydrogens is 372 g/mol. The topological polar surface area (TPSA) is 43.8 Å². The fourth-order valence-electron chi connectivity index (χ4n) is 7.03. The molecule has 4 fully saturated rings. The van der Waals surface area contributed by atoms with Gasteiger partial charge in [0.25, 0.3) is 0 Å². The summed E-state index contributed by atoms with van der Waals surface area (Å²) in [5.41, 5.74) is 6.53. The van der Waals surface area contributed by atoms with E-state index in [2.05, 4.69) is 30.6 Å². The van der Waals surface area contributed by atoms with E-state index in [1.54, 1.807) is 11.6 Å². The monoisotopic (exact) mass is 408 g/mol. The molecule has 6 rings (SSSR count). The lowest BCUT2D eigenvalue weighted by Gasteiger charge is -2.72. The number of allylic oxidation sites excluding steroid dienone is 1. The third-order valence-corrected chi connectivity index (χ3v) is 8.38. The highest BCUT2D eigenvalue weighted by Crippen LogP contribution is 2.77. The van der Waals surface area contributed by atoms with E-state index >= 15 is 0 Å². The highest BCUT2D eigenvalue weighted by Gasteiger charge is 2.66. The van der Waals surface area contributed by atoms with Crippen LogP contribution in [0.5, 0.6) is 0 Å². The van der Waals surface area contributed by atoms with Crippen LogP contribution in [-0.4, -0.2) is 48.7 Å². The van der Waals surface area contributed by atoms with Gasteiger partial charge in [-0.25, -0.2) is 4.79 Å². The maximum Gasteiger partial charge on any atom is 0.337 e. The number of para-hydroxylation sites is 1. The second kappa shape index (κ2) is 6.85. The number of aromatic carboxylic acids is 1. The second-order valence-corrected chi connectivity index (χ2v) is 11.6. The largest absolute Gasteiger partial charge is 0.478 e. The molecule has 0 spiro atoms. The van der Waals surface area contributed by atoms with Crippen LogP contribution in [0.1, 0.15) is 69.7 Å². The van der Waals surface area contributed by atoms with Gasteiger partial charge in [0.1, 0.15) is 0 Å². The van der Waals surface area contributed by atoms with Gasteiger partial charge in [-0.1, -0.05) is 44.1 Å². The Labute approximate surface area is 180 Å². The number of nitrogens with zero attached hydrogens (tertiary/aromatic N) is 2. The summed E-state index contributed by atoms with van der Waals surface area (Å²) in [6.45, 7) is 12.3. The number of rotatable bonds is 5. The van der Waals surface area contributed by atoms with Gasteiger partial charge in [-0.05, 0) is 66.9 Å². The molecule has 4 nitrogen and oxygen atoms in total. The molecule has 1 N–H and O–H groups in total. The fourth-order valence-corrected chi connectivity index (χ4v) is 7.03. The van der Waals surface area contributed by atoms with Crippen molar-refractivity contribution in [1.29, 1.82) is 0 Å². The molecule has 0 atom stereocenters. The molecule has 162 valence electrons. The Balaban J connectivity index is 1.28. The van der Waals surface area contributed by atoms with E-state index in [0.29, 0.717) is 21.8 Å². The molecule has 1 saturated heterocycles. The van der Waals surface area contributed by atoms with Crippen molar-refractivity contribution in [3.8, 4) is 0 Å². The first-order chi connectivity index (χ1) is 14.2. The molecule has 0 unspecified atom stereocenters. The van der Waals surface area contributed by atoms with Crippen LogP contribution in [0.25, 0.3) is 0 Å². The standard InChI is InChI=1S/C26H36N2O2/c1-24(2)9-8-19(21(14-24)26-16-25(3,17-26)18-26)15-27-10-12-28(13-11-27)22-7-5-4-6-20(22)23(29)30/h4-7H,8-18H2,1-3H3,(H,29,30). The number of carboxylic acid groups (broad SMARTS) is 1.